The van der Waals surface area contributed by atoms with Crippen LogP contribution in [0.2, 0.25) is 18.1 Å². The molecule has 10 heteroatoms. The zero-order valence-corrected chi connectivity index (χ0v) is 25.7. The van der Waals surface area contributed by atoms with Crippen molar-refractivity contribution in [3.8, 4) is 11.5 Å². The molecule has 9 nitrogen and oxygen atoms in total. The largest absolute Gasteiger partial charge is 0.493 e. The minimum atomic E-state index is -2.25. The number of aliphatic hydroxyl groups is 2. The number of aliphatic hydroxyl groups excluding tert-OH is 2. The van der Waals surface area contributed by atoms with Gasteiger partial charge in [0.2, 0.25) is 0 Å². The first-order valence-electron chi connectivity index (χ1n) is 14.0. The van der Waals surface area contributed by atoms with Crippen LogP contribution in [0.5, 0.6) is 11.5 Å². The van der Waals surface area contributed by atoms with E-state index in [2.05, 4.69) is 33.9 Å². The fraction of sp³-hybridized carbons (Fsp3) is 0.793. The maximum atomic E-state index is 11.9. The van der Waals surface area contributed by atoms with E-state index in [0.29, 0.717) is 17.9 Å². The summed E-state index contributed by atoms with van der Waals surface area (Å²) in [5, 5.41) is 23.0. The summed E-state index contributed by atoms with van der Waals surface area (Å²) >= 11 is 0. The molecule has 0 bridgehead atoms. The summed E-state index contributed by atoms with van der Waals surface area (Å²) in [5.74, 6) is -0.154. The van der Waals surface area contributed by atoms with E-state index in [-0.39, 0.29) is 59.9 Å². The average molecular weight is 567 g/mol. The van der Waals surface area contributed by atoms with Crippen LogP contribution in [0.1, 0.15) is 52.7 Å². The van der Waals surface area contributed by atoms with Crippen LogP contribution >= 0.6 is 0 Å². The molecule has 10 atom stereocenters. The van der Waals surface area contributed by atoms with Crippen molar-refractivity contribution in [2.45, 2.75) is 102 Å². The third-order valence-corrected chi connectivity index (χ3v) is 14.2. The Morgan fingerprint density at radius 3 is 2.38 bits per heavy atom. The van der Waals surface area contributed by atoms with Crippen molar-refractivity contribution >= 4 is 8.32 Å². The predicted molar refractivity (Wildman–Crippen MR) is 146 cm³/mol. The average Bonchev–Trinajstić information content (AvgIpc) is 3.50. The van der Waals surface area contributed by atoms with Crippen LogP contribution in [-0.2, 0) is 23.4 Å². The number of hydrogen-bond acceptors (Lipinski definition) is 9. The van der Waals surface area contributed by atoms with Crippen molar-refractivity contribution < 1.29 is 43.1 Å². The molecule has 0 spiro atoms. The lowest BCUT2D eigenvalue weighted by atomic mass is 9.69. The summed E-state index contributed by atoms with van der Waals surface area (Å²) in [6.45, 7) is 15.1. The predicted octanol–water partition coefficient (Wildman–Crippen LogP) is 4.22. The van der Waals surface area contributed by atoms with Crippen LogP contribution in [0.15, 0.2) is 18.2 Å². The summed E-state index contributed by atoms with van der Waals surface area (Å²) in [4.78, 5) is 0. The highest BCUT2D eigenvalue weighted by atomic mass is 28.4. The molecule has 1 aromatic carbocycles. The fourth-order valence-corrected chi connectivity index (χ4v) is 8.31. The second-order valence-corrected chi connectivity index (χ2v) is 18.3. The molecule has 4 aliphatic rings. The van der Waals surface area contributed by atoms with E-state index in [1.165, 1.54) is 0 Å². The summed E-state index contributed by atoms with van der Waals surface area (Å²) < 4.78 is 42.5. The molecule has 2 saturated heterocycles. The van der Waals surface area contributed by atoms with Crippen molar-refractivity contribution in [1.29, 1.82) is 0 Å². The van der Waals surface area contributed by atoms with E-state index in [1.807, 2.05) is 26.0 Å². The van der Waals surface area contributed by atoms with Gasteiger partial charge < -0.3 is 43.1 Å². The van der Waals surface area contributed by atoms with Crippen molar-refractivity contribution in [1.82, 2.24) is 0 Å². The van der Waals surface area contributed by atoms with Crippen LogP contribution < -0.4 is 9.47 Å². The van der Waals surface area contributed by atoms with E-state index in [1.54, 1.807) is 20.3 Å². The number of fused-ring (bicyclic) bond motifs is 2. The van der Waals surface area contributed by atoms with Gasteiger partial charge in [-0.15, -0.1) is 0 Å². The minimum absolute atomic E-state index is 0.0179. The third kappa shape index (κ3) is 5.05. The molecular formula is C29H46O9Si. The van der Waals surface area contributed by atoms with Crippen LogP contribution in [0, 0.1) is 23.7 Å². The minimum Gasteiger partial charge on any atom is -0.493 e. The molecule has 2 saturated carbocycles. The van der Waals surface area contributed by atoms with Gasteiger partial charge in [-0.1, -0.05) is 26.8 Å². The molecule has 2 heterocycles. The molecule has 39 heavy (non-hydrogen) atoms. The van der Waals surface area contributed by atoms with Crippen LogP contribution in [0.25, 0.3) is 0 Å². The fourth-order valence-electron chi connectivity index (χ4n) is 6.99. The van der Waals surface area contributed by atoms with E-state index < -0.39 is 26.5 Å². The van der Waals surface area contributed by atoms with Gasteiger partial charge in [0.1, 0.15) is 12.2 Å². The van der Waals surface area contributed by atoms with Gasteiger partial charge in [0.05, 0.1) is 25.4 Å². The van der Waals surface area contributed by atoms with Gasteiger partial charge in [0.25, 0.3) is 0 Å². The summed E-state index contributed by atoms with van der Waals surface area (Å²) in [7, 11) is 0.887. The zero-order chi connectivity index (χ0) is 28.5. The molecule has 0 amide bonds. The first-order chi connectivity index (χ1) is 18.2. The topological polar surface area (TPSA) is 105 Å². The molecule has 220 valence electrons. The normalized spacial score (nSPS) is 37.9. The standard InChI is InChI=1S/C29H46O9Si/c1-28(2,3)39(8,9)38-24-20-16(22(30)15-10-11-18(33-7)19(12-15)34-14-32-6)13-17-21(20)23(35-27(17)31)25-26(24)37-29(4,5)36-25/h10-12,16-17,20-27,30-31H,13-14H2,1-9H3/t16-,17+,20-,21+,22-,23+,24-,25-,26+,27+/m1/s1. The highest BCUT2D eigenvalue weighted by Crippen LogP contribution is 2.62. The lowest BCUT2D eigenvalue weighted by Gasteiger charge is -2.49. The van der Waals surface area contributed by atoms with Crippen molar-refractivity contribution in [3.63, 3.8) is 0 Å². The van der Waals surface area contributed by atoms with Crippen LogP contribution in [-0.4, -0.2) is 76.0 Å². The van der Waals surface area contributed by atoms with Crippen LogP contribution in [0.3, 0.4) is 0 Å². The molecule has 2 aliphatic heterocycles. The maximum absolute atomic E-state index is 11.9. The summed E-state index contributed by atoms with van der Waals surface area (Å²) in [6, 6.07) is 5.49. The number of benzene rings is 1. The molecule has 0 radical (unpaired) electrons. The molecular weight excluding hydrogens is 520 g/mol. The summed E-state index contributed by atoms with van der Waals surface area (Å²) in [5.41, 5.74) is 0.718. The molecule has 0 aromatic heterocycles. The van der Waals surface area contributed by atoms with Gasteiger partial charge in [-0.2, -0.15) is 0 Å². The number of methoxy groups -OCH3 is 2. The molecule has 5 rings (SSSR count). The van der Waals surface area contributed by atoms with E-state index in [9.17, 15) is 10.2 Å². The molecule has 1 aromatic rings. The highest BCUT2D eigenvalue weighted by Gasteiger charge is 2.69. The monoisotopic (exact) mass is 566 g/mol. The first-order valence-corrected chi connectivity index (χ1v) is 16.9. The molecule has 0 unspecified atom stereocenters. The molecule has 2 N–H and O–H groups in total. The highest BCUT2D eigenvalue weighted by molar-refractivity contribution is 6.74. The van der Waals surface area contributed by atoms with Gasteiger partial charge >= 0.3 is 0 Å². The lowest BCUT2D eigenvalue weighted by molar-refractivity contribution is -0.181. The Bertz CT molecular complexity index is 1040. The SMILES string of the molecule is COCOc1cc([C@@H](O)[C@@H]2C[C@H]3[C@@H]4[C@H](O[C@@H]3O)[C@H]3OC(C)(C)O[C@H]3[C@H](O[Si](C)(C)C(C)(C)C)[C@H]24)ccc1OC. The van der Waals surface area contributed by atoms with Gasteiger partial charge in [-0.05, 0) is 67.9 Å². The maximum Gasteiger partial charge on any atom is 0.192 e. The van der Waals surface area contributed by atoms with Crippen LogP contribution in [0.4, 0.5) is 0 Å². The van der Waals surface area contributed by atoms with Crippen molar-refractivity contribution in [2.75, 3.05) is 21.0 Å². The van der Waals surface area contributed by atoms with Gasteiger partial charge in [0, 0.05) is 18.9 Å². The lowest BCUT2D eigenvalue weighted by Crippen LogP contribution is -2.61. The van der Waals surface area contributed by atoms with Crippen molar-refractivity contribution in [3.05, 3.63) is 23.8 Å². The van der Waals surface area contributed by atoms with Gasteiger partial charge in [-0.3, -0.25) is 0 Å². The van der Waals surface area contributed by atoms with Gasteiger partial charge in [0.15, 0.2) is 38.7 Å². The Hall–Kier alpha value is -1.24. The Morgan fingerprint density at radius 1 is 1.05 bits per heavy atom. The first kappa shape index (κ1) is 29.3. The Morgan fingerprint density at radius 2 is 1.74 bits per heavy atom. The smallest absolute Gasteiger partial charge is 0.192 e. The van der Waals surface area contributed by atoms with Crippen molar-refractivity contribution in [2.24, 2.45) is 23.7 Å². The number of rotatable bonds is 8. The van der Waals surface area contributed by atoms with E-state index >= 15 is 0 Å². The second-order valence-electron chi connectivity index (χ2n) is 13.5. The zero-order valence-electron chi connectivity index (χ0n) is 24.7. The Labute approximate surface area is 233 Å². The number of hydrogen-bond donors (Lipinski definition) is 2. The molecule has 2 aliphatic carbocycles. The molecule has 4 fully saturated rings. The van der Waals surface area contributed by atoms with E-state index in [4.69, 9.17) is 32.8 Å². The summed E-state index contributed by atoms with van der Waals surface area (Å²) in [6.07, 6.45) is -2.47. The van der Waals surface area contributed by atoms with E-state index in [0.717, 1.165) is 5.56 Å². The van der Waals surface area contributed by atoms with Gasteiger partial charge in [-0.25, -0.2) is 0 Å². The number of ether oxygens (including phenoxy) is 6. The Balaban J connectivity index is 1.54. The Kier molecular flexibility index (Phi) is 7.68. The second kappa shape index (κ2) is 10.2. The quantitative estimate of drug-likeness (QED) is 0.353. The third-order valence-electron chi connectivity index (χ3n) is 9.71.